The number of aryl methyl sites for hydroxylation is 1. The van der Waals surface area contributed by atoms with Crippen LogP contribution in [0.3, 0.4) is 0 Å². The molecule has 3 aromatic rings. The van der Waals surface area contributed by atoms with Gasteiger partial charge < -0.3 is 18.9 Å². The molecule has 0 unspecified atom stereocenters. The smallest absolute Gasteiger partial charge is 0.363 e. The van der Waals surface area contributed by atoms with E-state index in [-0.39, 0.29) is 11.6 Å². The van der Waals surface area contributed by atoms with E-state index in [0.717, 1.165) is 23.1 Å². The summed E-state index contributed by atoms with van der Waals surface area (Å²) in [6, 6.07) is 20.2. The van der Waals surface area contributed by atoms with Crippen molar-refractivity contribution in [3.63, 3.8) is 0 Å². The zero-order valence-electron chi connectivity index (χ0n) is 23.3. The fourth-order valence-electron chi connectivity index (χ4n) is 4.70. The molecule has 0 N–H and O–H groups in total. The Morgan fingerprint density at radius 3 is 1.97 bits per heavy atom. The summed E-state index contributed by atoms with van der Waals surface area (Å²) in [6.07, 6.45) is 10.6. The van der Waals surface area contributed by atoms with Gasteiger partial charge in [-0.15, -0.1) is 0 Å². The van der Waals surface area contributed by atoms with Crippen molar-refractivity contribution in [2.75, 3.05) is 21.3 Å². The quantitative estimate of drug-likeness (QED) is 0.130. The van der Waals surface area contributed by atoms with Gasteiger partial charge in [-0.2, -0.15) is 0 Å². The van der Waals surface area contributed by atoms with Gasteiger partial charge in [-0.1, -0.05) is 75.4 Å². The molecule has 1 aliphatic rings. The first-order chi connectivity index (χ1) is 19.1. The number of cyclic esters (lactones) is 1. The number of hydrogen-bond acceptors (Lipinski definition) is 6. The summed E-state index contributed by atoms with van der Waals surface area (Å²) in [5.41, 5.74) is 5.17. The number of carbonyl (C=O) groups excluding carboxylic acids is 1. The largest absolute Gasteiger partial charge is 0.493 e. The molecule has 1 aliphatic heterocycles. The van der Waals surface area contributed by atoms with Gasteiger partial charge >= 0.3 is 5.97 Å². The van der Waals surface area contributed by atoms with E-state index in [0.29, 0.717) is 22.8 Å². The van der Waals surface area contributed by atoms with Crippen molar-refractivity contribution in [2.24, 2.45) is 4.99 Å². The number of rotatable bonds is 13. The molecule has 6 heteroatoms. The molecule has 0 radical (unpaired) electrons. The SMILES string of the molecule is CCCCCCCCc1ccc(-c2ccc(C3=N/C(=C\c4ccc(OC)c(OC)c4OC)C(=O)O3)cc2)cc1. The van der Waals surface area contributed by atoms with Gasteiger partial charge in [0.2, 0.25) is 11.6 Å². The minimum atomic E-state index is -0.521. The van der Waals surface area contributed by atoms with Crippen molar-refractivity contribution >= 4 is 17.9 Å². The number of benzene rings is 3. The summed E-state index contributed by atoms with van der Waals surface area (Å²) < 4.78 is 21.8. The molecule has 0 bridgehead atoms. The Morgan fingerprint density at radius 2 is 1.33 bits per heavy atom. The first kappa shape index (κ1) is 28.0. The van der Waals surface area contributed by atoms with Crippen molar-refractivity contribution in [1.82, 2.24) is 0 Å². The van der Waals surface area contributed by atoms with Crippen molar-refractivity contribution in [2.45, 2.75) is 51.9 Å². The summed E-state index contributed by atoms with van der Waals surface area (Å²) in [4.78, 5) is 17.1. The van der Waals surface area contributed by atoms with Crippen molar-refractivity contribution in [3.05, 3.63) is 83.1 Å². The second-order valence-electron chi connectivity index (χ2n) is 9.55. The number of nitrogens with zero attached hydrogens (tertiary/aromatic N) is 1. The summed E-state index contributed by atoms with van der Waals surface area (Å²) in [5, 5.41) is 0. The Bertz CT molecular complexity index is 1320. The maximum atomic E-state index is 12.6. The van der Waals surface area contributed by atoms with Crippen LogP contribution in [0.25, 0.3) is 17.2 Å². The summed E-state index contributed by atoms with van der Waals surface area (Å²) in [5.74, 6) is 1.17. The van der Waals surface area contributed by atoms with Gasteiger partial charge in [0.15, 0.2) is 17.2 Å². The zero-order chi connectivity index (χ0) is 27.6. The van der Waals surface area contributed by atoms with E-state index >= 15 is 0 Å². The first-order valence-electron chi connectivity index (χ1n) is 13.6. The molecule has 0 atom stereocenters. The van der Waals surface area contributed by atoms with E-state index in [2.05, 4.69) is 36.2 Å². The lowest BCUT2D eigenvalue weighted by Crippen LogP contribution is -2.05. The fourth-order valence-corrected chi connectivity index (χ4v) is 4.70. The molecule has 0 aliphatic carbocycles. The average molecular weight is 528 g/mol. The number of methoxy groups -OCH3 is 3. The topological polar surface area (TPSA) is 66.3 Å². The minimum absolute atomic E-state index is 0.181. The first-order valence-corrected chi connectivity index (χ1v) is 13.6. The molecule has 4 rings (SSSR count). The maximum Gasteiger partial charge on any atom is 0.363 e. The second-order valence-corrected chi connectivity index (χ2v) is 9.55. The van der Waals surface area contributed by atoms with Crippen LogP contribution in [0.4, 0.5) is 0 Å². The lowest BCUT2D eigenvalue weighted by molar-refractivity contribution is -0.129. The monoisotopic (exact) mass is 527 g/mol. The van der Waals surface area contributed by atoms with Gasteiger partial charge in [-0.3, -0.25) is 0 Å². The molecular formula is C33H37NO5. The third kappa shape index (κ3) is 6.88. The van der Waals surface area contributed by atoms with Gasteiger partial charge in [0.25, 0.3) is 0 Å². The Hall–Kier alpha value is -4.06. The van der Waals surface area contributed by atoms with Crippen LogP contribution in [-0.4, -0.2) is 33.2 Å². The van der Waals surface area contributed by atoms with Crippen molar-refractivity contribution < 1.29 is 23.7 Å². The molecule has 0 aromatic heterocycles. The number of esters is 1. The second kappa shape index (κ2) is 13.7. The lowest BCUT2D eigenvalue weighted by atomic mass is 10.00. The highest BCUT2D eigenvalue weighted by molar-refractivity contribution is 6.13. The van der Waals surface area contributed by atoms with Crippen molar-refractivity contribution in [3.8, 4) is 28.4 Å². The van der Waals surface area contributed by atoms with Crippen LogP contribution < -0.4 is 14.2 Å². The molecule has 0 saturated heterocycles. The van der Waals surface area contributed by atoms with Crippen molar-refractivity contribution in [1.29, 1.82) is 0 Å². The van der Waals surface area contributed by atoms with Crippen LogP contribution >= 0.6 is 0 Å². The Balaban J connectivity index is 1.44. The van der Waals surface area contributed by atoms with Crippen LogP contribution in [0.1, 0.15) is 62.1 Å². The summed E-state index contributed by atoms with van der Waals surface area (Å²) in [6.45, 7) is 2.25. The molecule has 1 heterocycles. The normalized spacial score (nSPS) is 13.8. The fraction of sp³-hybridized carbons (Fsp3) is 0.333. The van der Waals surface area contributed by atoms with E-state index in [1.54, 1.807) is 25.3 Å². The highest BCUT2D eigenvalue weighted by atomic mass is 16.6. The number of hydrogen-bond donors (Lipinski definition) is 0. The van der Waals surface area contributed by atoms with Gasteiger partial charge in [0, 0.05) is 11.1 Å². The number of unbranched alkanes of at least 4 members (excludes halogenated alkanes) is 5. The third-order valence-electron chi connectivity index (χ3n) is 6.89. The number of carbonyl (C=O) groups is 1. The number of ether oxygens (including phenoxy) is 4. The molecular weight excluding hydrogens is 490 g/mol. The van der Waals surface area contributed by atoms with Gasteiger partial charge in [0.1, 0.15) is 0 Å². The molecule has 0 spiro atoms. The zero-order valence-corrected chi connectivity index (χ0v) is 23.3. The number of aliphatic imine (C=N–C) groups is 1. The van der Waals surface area contributed by atoms with E-state index in [4.69, 9.17) is 18.9 Å². The predicted octanol–water partition coefficient (Wildman–Crippen LogP) is 7.63. The lowest BCUT2D eigenvalue weighted by Gasteiger charge is -2.14. The Morgan fingerprint density at radius 1 is 0.718 bits per heavy atom. The predicted molar refractivity (Wildman–Crippen MR) is 156 cm³/mol. The van der Waals surface area contributed by atoms with Crippen LogP contribution in [0, 0.1) is 0 Å². The highest BCUT2D eigenvalue weighted by Crippen LogP contribution is 2.41. The molecule has 6 nitrogen and oxygen atoms in total. The van der Waals surface area contributed by atoms with Gasteiger partial charge in [0.05, 0.1) is 21.3 Å². The molecule has 39 heavy (non-hydrogen) atoms. The molecule has 0 fully saturated rings. The van der Waals surface area contributed by atoms with E-state index in [9.17, 15) is 4.79 Å². The van der Waals surface area contributed by atoms with Crippen LogP contribution in [0.2, 0.25) is 0 Å². The van der Waals surface area contributed by atoms with Gasteiger partial charge in [-0.25, -0.2) is 9.79 Å². The third-order valence-corrected chi connectivity index (χ3v) is 6.89. The van der Waals surface area contributed by atoms with Crippen LogP contribution in [0.15, 0.2) is 71.4 Å². The van der Waals surface area contributed by atoms with E-state index < -0.39 is 5.97 Å². The Kier molecular flexibility index (Phi) is 9.79. The average Bonchev–Trinajstić information content (AvgIpc) is 3.34. The standard InChI is InChI=1S/C33H37NO5/c1-5-6-7-8-9-10-11-23-12-14-24(15-13-23)25-16-18-26(19-17-25)32-34-28(33(35)39-32)22-27-20-21-29(36-2)31(38-4)30(27)37-3/h12-22H,5-11H2,1-4H3/b28-22-. The molecule has 204 valence electrons. The maximum absolute atomic E-state index is 12.6. The van der Waals surface area contributed by atoms with Crippen LogP contribution in [-0.2, 0) is 16.0 Å². The minimum Gasteiger partial charge on any atom is -0.493 e. The molecule has 0 amide bonds. The van der Waals surface area contributed by atoms with Crippen LogP contribution in [0.5, 0.6) is 17.2 Å². The van der Waals surface area contributed by atoms with E-state index in [1.165, 1.54) is 58.3 Å². The van der Waals surface area contributed by atoms with Gasteiger partial charge in [-0.05, 0) is 59.9 Å². The summed E-state index contributed by atoms with van der Waals surface area (Å²) >= 11 is 0. The molecule has 0 saturated carbocycles. The molecule has 3 aromatic carbocycles. The van der Waals surface area contributed by atoms with E-state index in [1.807, 2.05) is 24.3 Å². The Labute approximate surface area is 231 Å². The highest BCUT2D eigenvalue weighted by Gasteiger charge is 2.25. The summed E-state index contributed by atoms with van der Waals surface area (Å²) in [7, 11) is 4.62.